The lowest BCUT2D eigenvalue weighted by Gasteiger charge is -2.19. The third kappa shape index (κ3) is 2.82. The van der Waals surface area contributed by atoms with Crippen LogP contribution in [-0.2, 0) is 6.54 Å². The summed E-state index contributed by atoms with van der Waals surface area (Å²) >= 11 is 5.75. The molecule has 0 aromatic carbocycles. The maximum atomic E-state index is 5.80. The first-order valence-electron chi connectivity index (χ1n) is 5.05. The Balaban J connectivity index is 2.20. The van der Waals surface area contributed by atoms with Crippen LogP contribution in [0.4, 0.5) is 11.5 Å². The summed E-state index contributed by atoms with van der Waals surface area (Å²) in [5, 5.41) is 0.187. The summed E-state index contributed by atoms with van der Waals surface area (Å²) in [6, 6.07) is 3.88. The van der Waals surface area contributed by atoms with Gasteiger partial charge in [-0.3, -0.25) is 4.98 Å². The minimum Gasteiger partial charge on any atom is -0.394 e. The Morgan fingerprint density at radius 1 is 1.41 bits per heavy atom. The van der Waals surface area contributed by atoms with Crippen molar-refractivity contribution in [1.29, 1.82) is 0 Å². The van der Waals surface area contributed by atoms with E-state index in [1.54, 1.807) is 12.4 Å². The molecule has 0 radical (unpaired) electrons. The van der Waals surface area contributed by atoms with Gasteiger partial charge in [0.2, 0.25) is 5.28 Å². The SMILES string of the molecule is CN(Cc1cccnc1)c1nc(Cl)ncc1N. The van der Waals surface area contributed by atoms with Crippen molar-refractivity contribution >= 4 is 23.1 Å². The molecule has 2 aromatic heterocycles. The molecule has 0 fully saturated rings. The lowest BCUT2D eigenvalue weighted by molar-refractivity contribution is 0.888. The van der Waals surface area contributed by atoms with Crippen molar-refractivity contribution in [1.82, 2.24) is 15.0 Å². The number of hydrogen-bond donors (Lipinski definition) is 1. The Bertz CT molecular complexity index is 502. The standard InChI is InChI=1S/C11H12ClN5/c1-17(7-8-3-2-4-14-5-8)10-9(13)6-15-11(12)16-10/h2-6H,7,13H2,1H3. The molecule has 0 unspecified atom stereocenters. The molecule has 0 saturated carbocycles. The highest BCUT2D eigenvalue weighted by Gasteiger charge is 2.09. The lowest BCUT2D eigenvalue weighted by atomic mass is 10.2. The molecule has 0 aliphatic carbocycles. The third-order valence-corrected chi connectivity index (χ3v) is 2.45. The van der Waals surface area contributed by atoms with Gasteiger partial charge in [0.25, 0.3) is 0 Å². The molecule has 0 spiro atoms. The zero-order chi connectivity index (χ0) is 12.3. The van der Waals surface area contributed by atoms with E-state index < -0.39 is 0 Å². The van der Waals surface area contributed by atoms with E-state index >= 15 is 0 Å². The smallest absolute Gasteiger partial charge is 0.224 e. The first kappa shape index (κ1) is 11.6. The van der Waals surface area contributed by atoms with E-state index in [1.165, 1.54) is 6.20 Å². The highest BCUT2D eigenvalue weighted by Crippen LogP contribution is 2.21. The molecule has 0 bridgehead atoms. The van der Waals surface area contributed by atoms with E-state index in [0.717, 1.165) is 5.56 Å². The van der Waals surface area contributed by atoms with Crippen molar-refractivity contribution in [3.63, 3.8) is 0 Å². The molecular weight excluding hydrogens is 238 g/mol. The van der Waals surface area contributed by atoms with Crippen molar-refractivity contribution in [2.45, 2.75) is 6.54 Å². The predicted octanol–water partition coefficient (Wildman–Crippen LogP) is 1.74. The summed E-state index contributed by atoms with van der Waals surface area (Å²) in [4.78, 5) is 13.9. The van der Waals surface area contributed by atoms with Crippen LogP contribution in [0.2, 0.25) is 5.28 Å². The largest absolute Gasteiger partial charge is 0.394 e. The maximum Gasteiger partial charge on any atom is 0.224 e. The fraction of sp³-hybridized carbons (Fsp3) is 0.182. The van der Waals surface area contributed by atoms with Gasteiger partial charge < -0.3 is 10.6 Å². The molecule has 17 heavy (non-hydrogen) atoms. The van der Waals surface area contributed by atoms with Crippen LogP contribution in [0, 0.1) is 0 Å². The molecule has 0 saturated heterocycles. The van der Waals surface area contributed by atoms with Gasteiger partial charge in [0.1, 0.15) is 0 Å². The van der Waals surface area contributed by atoms with Gasteiger partial charge in [-0.25, -0.2) is 4.98 Å². The highest BCUT2D eigenvalue weighted by atomic mass is 35.5. The first-order valence-corrected chi connectivity index (χ1v) is 5.42. The Kier molecular flexibility index (Phi) is 3.39. The molecule has 2 heterocycles. The second kappa shape index (κ2) is 4.97. The fourth-order valence-electron chi connectivity index (χ4n) is 1.51. The molecule has 0 aliphatic heterocycles. The first-order chi connectivity index (χ1) is 8.16. The summed E-state index contributed by atoms with van der Waals surface area (Å²) < 4.78 is 0. The van der Waals surface area contributed by atoms with Crippen molar-refractivity contribution in [2.75, 3.05) is 17.7 Å². The van der Waals surface area contributed by atoms with Gasteiger partial charge in [0, 0.05) is 26.0 Å². The molecule has 0 amide bonds. The van der Waals surface area contributed by atoms with E-state index in [9.17, 15) is 0 Å². The summed E-state index contributed by atoms with van der Waals surface area (Å²) in [5.41, 5.74) is 7.38. The molecule has 5 nitrogen and oxygen atoms in total. The van der Waals surface area contributed by atoms with E-state index in [4.69, 9.17) is 17.3 Å². The minimum absolute atomic E-state index is 0.187. The van der Waals surface area contributed by atoms with Crippen LogP contribution in [0.5, 0.6) is 0 Å². The zero-order valence-corrected chi connectivity index (χ0v) is 10.1. The summed E-state index contributed by atoms with van der Waals surface area (Å²) in [5.74, 6) is 0.619. The van der Waals surface area contributed by atoms with Gasteiger partial charge in [-0.1, -0.05) is 6.07 Å². The molecule has 2 rings (SSSR count). The molecule has 2 aromatic rings. The van der Waals surface area contributed by atoms with Crippen LogP contribution in [0.1, 0.15) is 5.56 Å². The van der Waals surface area contributed by atoms with E-state index in [-0.39, 0.29) is 5.28 Å². The summed E-state index contributed by atoms with van der Waals surface area (Å²) in [6.45, 7) is 0.658. The molecule has 2 N–H and O–H groups in total. The molecule has 88 valence electrons. The van der Waals surface area contributed by atoms with Crippen LogP contribution in [0.15, 0.2) is 30.7 Å². The lowest BCUT2D eigenvalue weighted by Crippen LogP contribution is -2.19. The number of rotatable bonds is 3. The number of halogens is 1. The van der Waals surface area contributed by atoms with Crippen molar-refractivity contribution in [2.24, 2.45) is 0 Å². The zero-order valence-electron chi connectivity index (χ0n) is 9.34. The molecule has 0 atom stereocenters. The number of pyridine rings is 1. The average molecular weight is 250 g/mol. The van der Waals surface area contributed by atoms with Crippen LogP contribution < -0.4 is 10.6 Å². The van der Waals surface area contributed by atoms with Crippen LogP contribution in [0.25, 0.3) is 0 Å². The van der Waals surface area contributed by atoms with Crippen molar-refractivity contribution < 1.29 is 0 Å². The Hall–Kier alpha value is -1.88. The Morgan fingerprint density at radius 3 is 2.94 bits per heavy atom. The van der Waals surface area contributed by atoms with E-state index in [1.807, 2.05) is 24.1 Å². The second-order valence-electron chi connectivity index (χ2n) is 3.64. The summed E-state index contributed by atoms with van der Waals surface area (Å²) in [7, 11) is 1.89. The van der Waals surface area contributed by atoms with Crippen LogP contribution in [0.3, 0.4) is 0 Å². The van der Waals surface area contributed by atoms with Crippen molar-refractivity contribution in [3.8, 4) is 0 Å². The van der Waals surface area contributed by atoms with Crippen molar-refractivity contribution in [3.05, 3.63) is 41.6 Å². The molecular formula is C11H12ClN5. The van der Waals surface area contributed by atoms with Gasteiger partial charge in [-0.2, -0.15) is 4.98 Å². The van der Waals surface area contributed by atoms with Gasteiger partial charge in [0.05, 0.1) is 11.9 Å². The van der Waals surface area contributed by atoms with Crippen LogP contribution in [-0.4, -0.2) is 22.0 Å². The Morgan fingerprint density at radius 2 is 2.24 bits per heavy atom. The number of aromatic nitrogens is 3. The number of nitrogens with zero attached hydrogens (tertiary/aromatic N) is 4. The Labute approximate surface area is 104 Å². The monoisotopic (exact) mass is 249 g/mol. The van der Waals surface area contributed by atoms with E-state index in [0.29, 0.717) is 18.1 Å². The fourth-order valence-corrected chi connectivity index (χ4v) is 1.64. The highest BCUT2D eigenvalue weighted by molar-refractivity contribution is 6.28. The molecule has 6 heteroatoms. The van der Waals surface area contributed by atoms with Gasteiger partial charge in [-0.15, -0.1) is 0 Å². The van der Waals surface area contributed by atoms with E-state index in [2.05, 4.69) is 15.0 Å². The topological polar surface area (TPSA) is 67.9 Å². The second-order valence-corrected chi connectivity index (χ2v) is 3.97. The summed E-state index contributed by atoms with van der Waals surface area (Å²) in [6.07, 6.45) is 5.04. The van der Waals surface area contributed by atoms with Gasteiger partial charge >= 0.3 is 0 Å². The van der Waals surface area contributed by atoms with Gasteiger partial charge in [0.15, 0.2) is 5.82 Å². The van der Waals surface area contributed by atoms with Gasteiger partial charge in [-0.05, 0) is 23.2 Å². The molecule has 0 aliphatic rings. The maximum absolute atomic E-state index is 5.80. The minimum atomic E-state index is 0.187. The predicted molar refractivity (Wildman–Crippen MR) is 67.8 cm³/mol. The third-order valence-electron chi connectivity index (χ3n) is 2.27. The van der Waals surface area contributed by atoms with Crippen LogP contribution >= 0.6 is 11.6 Å². The quantitative estimate of drug-likeness (QED) is 0.840. The number of hydrogen-bond acceptors (Lipinski definition) is 5. The number of anilines is 2. The number of nitrogen functional groups attached to an aromatic ring is 1. The normalized spacial score (nSPS) is 10.2. The average Bonchev–Trinajstić information content (AvgIpc) is 2.33. The number of nitrogens with two attached hydrogens (primary N) is 1.